The van der Waals surface area contributed by atoms with Crippen molar-refractivity contribution in [1.82, 2.24) is 10.3 Å². The van der Waals surface area contributed by atoms with E-state index < -0.39 is 12.1 Å². The second-order valence-corrected chi connectivity index (χ2v) is 6.39. The van der Waals surface area contributed by atoms with Gasteiger partial charge in [-0.3, -0.25) is 14.5 Å². The maximum absolute atomic E-state index is 12.0. The molecule has 2 aromatic rings. The summed E-state index contributed by atoms with van der Waals surface area (Å²) in [5.74, 6) is -1.16. The molecule has 27 heavy (non-hydrogen) atoms. The van der Waals surface area contributed by atoms with Crippen molar-refractivity contribution in [2.24, 2.45) is 0 Å². The Balaban J connectivity index is 2.06. The van der Waals surface area contributed by atoms with Crippen LogP contribution in [-0.2, 0) is 19.1 Å². The highest BCUT2D eigenvalue weighted by atomic mass is 32.1. The van der Waals surface area contributed by atoms with Crippen LogP contribution in [0.2, 0.25) is 0 Å². The molecule has 0 saturated heterocycles. The highest BCUT2D eigenvalue weighted by molar-refractivity contribution is 7.14. The summed E-state index contributed by atoms with van der Waals surface area (Å²) in [4.78, 5) is 41.3. The van der Waals surface area contributed by atoms with Gasteiger partial charge in [0.25, 0.3) is 5.91 Å². The van der Waals surface area contributed by atoms with E-state index in [0.29, 0.717) is 23.1 Å². The zero-order chi connectivity index (χ0) is 19.8. The molecule has 1 aromatic heterocycles. The van der Waals surface area contributed by atoms with E-state index in [1.165, 1.54) is 42.2 Å². The van der Waals surface area contributed by atoms with Crippen LogP contribution in [0.1, 0.15) is 26.5 Å². The first-order valence-corrected chi connectivity index (χ1v) is 9.28. The minimum atomic E-state index is -0.876. The summed E-state index contributed by atoms with van der Waals surface area (Å²) in [5, 5.41) is 4.80. The Hall–Kier alpha value is -3.00. The Morgan fingerprint density at radius 1 is 1.30 bits per heavy atom. The molecule has 0 spiro atoms. The number of benzene rings is 1. The summed E-state index contributed by atoms with van der Waals surface area (Å²) < 4.78 is 5.02. The molecule has 2 amide bonds. The molecule has 1 heterocycles. The molecular weight excluding hydrogens is 366 g/mol. The van der Waals surface area contributed by atoms with Gasteiger partial charge in [-0.05, 0) is 32.1 Å². The van der Waals surface area contributed by atoms with Gasteiger partial charge in [-0.2, -0.15) is 0 Å². The number of carbonyl (C=O) groups is 3. The fourth-order valence-corrected chi connectivity index (χ4v) is 3.05. The number of thiazole rings is 1. The first-order valence-electron chi connectivity index (χ1n) is 8.40. The molecule has 0 fully saturated rings. The van der Waals surface area contributed by atoms with E-state index in [2.05, 4.69) is 10.3 Å². The van der Waals surface area contributed by atoms with Gasteiger partial charge in [-0.25, -0.2) is 9.78 Å². The molecule has 0 saturated carbocycles. The van der Waals surface area contributed by atoms with Crippen molar-refractivity contribution >= 4 is 46.0 Å². The monoisotopic (exact) mass is 387 g/mol. The maximum Gasteiger partial charge on any atom is 0.331 e. The number of nitrogens with zero attached hydrogens (tertiary/aromatic N) is 2. The Kier molecular flexibility index (Phi) is 7.25. The van der Waals surface area contributed by atoms with Crippen molar-refractivity contribution in [1.29, 1.82) is 0 Å². The Labute approximate surface area is 161 Å². The minimum absolute atomic E-state index is 0.166. The van der Waals surface area contributed by atoms with Gasteiger partial charge in [0, 0.05) is 24.9 Å². The molecule has 0 aliphatic carbocycles. The molecule has 142 valence electrons. The number of amides is 2. The fraction of sp³-hybridized carbons (Fsp3) is 0.263. The van der Waals surface area contributed by atoms with Gasteiger partial charge in [0.05, 0.1) is 11.4 Å². The van der Waals surface area contributed by atoms with Crippen LogP contribution in [0.15, 0.2) is 41.8 Å². The van der Waals surface area contributed by atoms with Gasteiger partial charge in [0.1, 0.15) is 0 Å². The van der Waals surface area contributed by atoms with E-state index in [1.807, 2.05) is 30.3 Å². The first-order chi connectivity index (χ1) is 12.9. The van der Waals surface area contributed by atoms with Crippen LogP contribution in [-0.4, -0.2) is 35.4 Å². The standard InChI is InChI=1S/C19H21N3O4S/c1-4-20-18(25)13(2)26-17(24)11-10-15-12-27-19(21-15)22(14(3)23)16-8-6-5-7-9-16/h5-13H,4H2,1-3H3,(H,20,25)/b11-10+/t13-/m1/s1. The summed E-state index contributed by atoms with van der Waals surface area (Å²) >= 11 is 1.28. The average molecular weight is 387 g/mol. The number of hydrogen-bond acceptors (Lipinski definition) is 6. The number of hydrogen-bond donors (Lipinski definition) is 1. The molecule has 8 heteroatoms. The molecule has 0 bridgehead atoms. The zero-order valence-electron chi connectivity index (χ0n) is 15.3. The normalized spacial score (nSPS) is 11.8. The lowest BCUT2D eigenvalue weighted by atomic mass is 10.3. The highest BCUT2D eigenvalue weighted by Gasteiger charge is 2.18. The fourth-order valence-electron chi connectivity index (χ4n) is 2.20. The molecule has 2 rings (SSSR count). The summed E-state index contributed by atoms with van der Waals surface area (Å²) in [5.41, 5.74) is 1.23. The largest absolute Gasteiger partial charge is 0.449 e. The van der Waals surface area contributed by atoms with Crippen molar-refractivity contribution in [3.8, 4) is 0 Å². The van der Waals surface area contributed by atoms with E-state index >= 15 is 0 Å². The molecule has 0 unspecified atom stereocenters. The van der Waals surface area contributed by atoms with Crippen LogP contribution >= 0.6 is 11.3 Å². The Morgan fingerprint density at radius 2 is 2.00 bits per heavy atom. The average Bonchev–Trinajstić information content (AvgIpc) is 3.09. The quantitative estimate of drug-likeness (QED) is 0.583. The molecule has 1 N–H and O–H groups in total. The molecule has 7 nitrogen and oxygen atoms in total. The molecule has 1 aromatic carbocycles. The lowest BCUT2D eigenvalue weighted by molar-refractivity contribution is -0.150. The Bertz CT molecular complexity index is 832. The number of esters is 1. The SMILES string of the molecule is CCNC(=O)[C@@H](C)OC(=O)/C=C/c1csc(N(C(C)=O)c2ccccc2)n1. The highest BCUT2D eigenvalue weighted by Crippen LogP contribution is 2.28. The van der Waals surface area contributed by atoms with Crippen molar-refractivity contribution in [3.63, 3.8) is 0 Å². The second kappa shape index (κ2) is 9.63. The predicted octanol–water partition coefficient (Wildman–Crippen LogP) is 2.91. The number of ether oxygens (including phenoxy) is 1. The van der Waals surface area contributed by atoms with Crippen LogP contribution in [0.4, 0.5) is 10.8 Å². The van der Waals surface area contributed by atoms with Crippen LogP contribution in [0, 0.1) is 0 Å². The van der Waals surface area contributed by atoms with Crippen molar-refractivity contribution < 1.29 is 19.1 Å². The number of likely N-dealkylation sites (N-methyl/N-ethyl adjacent to an activating group) is 1. The second-order valence-electron chi connectivity index (χ2n) is 5.55. The van der Waals surface area contributed by atoms with Gasteiger partial charge >= 0.3 is 5.97 Å². The maximum atomic E-state index is 12.0. The van der Waals surface area contributed by atoms with Crippen molar-refractivity contribution in [2.45, 2.75) is 26.9 Å². The number of rotatable bonds is 7. The number of para-hydroxylation sites is 1. The van der Waals surface area contributed by atoms with E-state index in [0.717, 1.165) is 0 Å². The summed E-state index contributed by atoms with van der Waals surface area (Å²) in [7, 11) is 0. The lowest BCUT2D eigenvalue weighted by Crippen LogP contribution is -2.35. The van der Waals surface area contributed by atoms with Gasteiger partial charge < -0.3 is 10.1 Å². The Morgan fingerprint density at radius 3 is 2.63 bits per heavy atom. The van der Waals surface area contributed by atoms with Gasteiger partial charge in [-0.1, -0.05) is 18.2 Å². The van der Waals surface area contributed by atoms with Crippen LogP contribution in [0.5, 0.6) is 0 Å². The third-order valence-corrected chi connectivity index (χ3v) is 4.28. The molecular formula is C19H21N3O4S. The lowest BCUT2D eigenvalue weighted by Gasteiger charge is -2.17. The summed E-state index contributed by atoms with van der Waals surface area (Å²) in [6.45, 7) is 5.21. The molecule has 0 radical (unpaired) electrons. The number of anilines is 2. The van der Waals surface area contributed by atoms with Crippen LogP contribution in [0.25, 0.3) is 6.08 Å². The minimum Gasteiger partial charge on any atom is -0.449 e. The van der Waals surface area contributed by atoms with E-state index in [4.69, 9.17) is 4.74 Å². The predicted molar refractivity (Wildman–Crippen MR) is 105 cm³/mol. The topological polar surface area (TPSA) is 88.6 Å². The van der Waals surface area contributed by atoms with Crippen molar-refractivity contribution in [2.75, 3.05) is 11.4 Å². The van der Waals surface area contributed by atoms with Gasteiger partial charge in [0.15, 0.2) is 11.2 Å². The summed E-state index contributed by atoms with van der Waals surface area (Å²) in [6.07, 6.45) is 1.81. The smallest absolute Gasteiger partial charge is 0.331 e. The first kappa shape index (κ1) is 20.3. The van der Waals surface area contributed by atoms with E-state index in [9.17, 15) is 14.4 Å². The van der Waals surface area contributed by atoms with Crippen molar-refractivity contribution in [3.05, 3.63) is 47.5 Å². The van der Waals surface area contributed by atoms with Gasteiger partial charge in [-0.15, -0.1) is 11.3 Å². The number of nitrogens with one attached hydrogen (secondary N) is 1. The molecule has 0 aliphatic rings. The third kappa shape index (κ3) is 5.75. The van der Waals surface area contributed by atoms with Gasteiger partial charge in [0.2, 0.25) is 5.91 Å². The van der Waals surface area contributed by atoms with E-state index in [-0.39, 0.29) is 11.8 Å². The molecule has 0 aliphatic heterocycles. The van der Waals surface area contributed by atoms with Crippen LogP contribution in [0.3, 0.4) is 0 Å². The zero-order valence-corrected chi connectivity index (χ0v) is 16.2. The summed E-state index contributed by atoms with van der Waals surface area (Å²) in [6, 6.07) is 9.18. The van der Waals surface area contributed by atoms with E-state index in [1.54, 1.807) is 12.3 Å². The van der Waals surface area contributed by atoms with Crippen LogP contribution < -0.4 is 10.2 Å². The number of aromatic nitrogens is 1. The molecule has 1 atom stereocenters. The third-order valence-electron chi connectivity index (χ3n) is 3.43. The number of carbonyl (C=O) groups excluding carboxylic acids is 3.